The van der Waals surface area contributed by atoms with Gasteiger partial charge in [0, 0.05) is 16.6 Å². The molecule has 2 aromatic rings. The molecule has 0 aromatic carbocycles. The van der Waals surface area contributed by atoms with E-state index in [9.17, 15) is 4.79 Å². The maximum absolute atomic E-state index is 10.1. The first-order valence-corrected chi connectivity index (χ1v) is 4.98. The SMILES string of the molecule is O=CNc1ccc(-c2cccs2)cn1. The second-order valence-electron chi connectivity index (χ2n) is 2.67. The molecule has 2 aromatic heterocycles. The van der Waals surface area contributed by atoms with Crippen molar-refractivity contribution in [3.8, 4) is 10.4 Å². The Morgan fingerprint density at radius 1 is 1.36 bits per heavy atom. The van der Waals surface area contributed by atoms with E-state index in [0.29, 0.717) is 12.2 Å². The van der Waals surface area contributed by atoms with Crippen molar-refractivity contribution in [3.63, 3.8) is 0 Å². The van der Waals surface area contributed by atoms with Crippen LogP contribution in [0.15, 0.2) is 35.8 Å². The first-order valence-electron chi connectivity index (χ1n) is 4.10. The molecule has 0 spiro atoms. The molecule has 0 saturated carbocycles. The van der Waals surface area contributed by atoms with E-state index in [1.54, 1.807) is 23.6 Å². The zero-order valence-corrected chi connectivity index (χ0v) is 8.12. The van der Waals surface area contributed by atoms with Gasteiger partial charge in [-0.2, -0.15) is 0 Å². The number of nitrogens with zero attached hydrogens (tertiary/aromatic N) is 1. The van der Waals surface area contributed by atoms with E-state index < -0.39 is 0 Å². The molecule has 0 radical (unpaired) electrons. The molecule has 1 N–H and O–H groups in total. The summed E-state index contributed by atoms with van der Waals surface area (Å²) in [5.74, 6) is 0.570. The summed E-state index contributed by atoms with van der Waals surface area (Å²) in [5.41, 5.74) is 1.07. The van der Waals surface area contributed by atoms with Crippen molar-refractivity contribution in [2.24, 2.45) is 0 Å². The maximum atomic E-state index is 10.1. The van der Waals surface area contributed by atoms with Gasteiger partial charge in [-0.05, 0) is 23.6 Å². The predicted octanol–water partition coefficient (Wildman–Crippen LogP) is 2.38. The highest BCUT2D eigenvalue weighted by Gasteiger charge is 1.98. The summed E-state index contributed by atoms with van der Waals surface area (Å²) in [6, 6.07) is 7.75. The molecule has 0 atom stereocenters. The van der Waals surface area contributed by atoms with Crippen LogP contribution in [0.5, 0.6) is 0 Å². The fraction of sp³-hybridized carbons (Fsp3) is 0. The number of carbonyl (C=O) groups is 1. The van der Waals surface area contributed by atoms with Gasteiger partial charge in [-0.25, -0.2) is 4.98 Å². The van der Waals surface area contributed by atoms with Crippen molar-refractivity contribution in [2.45, 2.75) is 0 Å². The van der Waals surface area contributed by atoms with Gasteiger partial charge in [-0.15, -0.1) is 11.3 Å². The van der Waals surface area contributed by atoms with Gasteiger partial charge >= 0.3 is 0 Å². The molecular formula is C10H8N2OS. The van der Waals surface area contributed by atoms with Crippen LogP contribution >= 0.6 is 11.3 Å². The average Bonchev–Trinajstić information content (AvgIpc) is 2.72. The van der Waals surface area contributed by atoms with Gasteiger partial charge in [0.15, 0.2) is 0 Å². The molecule has 1 amide bonds. The van der Waals surface area contributed by atoms with Crippen molar-refractivity contribution in [1.82, 2.24) is 4.98 Å². The lowest BCUT2D eigenvalue weighted by atomic mass is 10.2. The Morgan fingerprint density at radius 3 is 2.86 bits per heavy atom. The first-order chi connectivity index (χ1) is 6.90. The highest BCUT2D eigenvalue weighted by atomic mass is 32.1. The standard InChI is InChI=1S/C10H8N2OS/c13-7-12-10-4-3-8(6-11-10)9-2-1-5-14-9/h1-7H,(H,11,12,13). The largest absolute Gasteiger partial charge is 0.313 e. The molecule has 4 heteroatoms. The normalized spacial score (nSPS) is 9.71. The van der Waals surface area contributed by atoms with Crippen molar-refractivity contribution in [1.29, 1.82) is 0 Å². The van der Waals surface area contributed by atoms with Gasteiger partial charge < -0.3 is 5.32 Å². The maximum Gasteiger partial charge on any atom is 0.212 e. The number of carbonyl (C=O) groups excluding carboxylic acids is 1. The molecule has 0 saturated heterocycles. The molecule has 0 aliphatic heterocycles. The van der Waals surface area contributed by atoms with E-state index in [2.05, 4.69) is 10.3 Å². The second kappa shape index (κ2) is 4.02. The van der Waals surface area contributed by atoms with E-state index >= 15 is 0 Å². The second-order valence-corrected chi connectivity index (χ2v) is 3.62. The number of aromatic nitrogens is 1. The number of nitrogens with one attached hydrogen (secondary N) is 1. The zero-order valence-electron chi connectivity index (χ0n) is 7.31. The summed E-state index contributed by atoms with van der Waals surface area (Å²) in [6.45, 7) is 0. The van der Waals surface area contributed by atoms with Crippen molar-refractivity contribution < 1.29 is 4.79 Å². The van der Waals surface area contributed by atoms with Gasteiger partial charge in [0.2, 0.25) is 6.41 Å². The van der Waals surface area contributed by atoms with Crippen molar-refractivity contribution in [3.05, 3.63) is 35.8 Å². The Kier molecular flexibility index (Phi) is 2.55. The third-order valence-corrected chi connectivity index (χ3v) is 2.69. The number of amides is 1. The summed E-state index contributed by atoms with van der Waals surface area (Å²) in [6.07, 6.45) is 2.37. The molecule has 14 heavy (non-hydrogen) atoms. The summed E-state index contributed by atoms with van der Waals surface area (Å²) < 4.78 is 0. The Bertz CT molecular complexity index is 408. The van der Waals surface area contributed by atoms with Crippen LogP contribution in [0.3, 0.4) is 0 Å². The Hall–Kier alpha value is -1.68. The predicted molar refractivity (Wildman–Crippen MR) is 57.2 cm³/mol. The number of hydrogen-bond donors (Lipinski definition) is 1. The van der Waals surface area contributed by atoms with Crippen LogP contribution in [0.4, 0.5) is 5.82 Å². The van der Waals surface area contributed by atoms with Crippen LogP contribution in [-0.2, 0) is 4.79 Å². The number of thiophene rings is 1. The fourth-order valence-corrected chi connectivity index (χ4v) is 1.85. The van der Waals surface area contributed by atoms with Crippen molar-refractivity contribution >= 4 is 23.6 Å². The average molecular weight is 204 g/mol. The van der Waals surface area contributed by atoms with E-state index in [-0.39, 0.29) is 0 Å². The molecule has 2 rings (SSSR count). The van der Waals surface area contributed by atoms with Gasteiger partial charge in [0.1, 0.15) is 5.82 Å². The molecule has 0 fully saturated rings. The van der Waals surface area contributed by atoms with E-state index in [1.807, 2.05) is 23.6 Å². The highest BCUT2D eigenvalue weighted by Crippen LogP contribution is 2.24. The first kappa shape index (κ1) is 8.90. The zero-order chi connectivity index (χ0) is 9.80. The quantitative estimate of drug-likeness (QED) is 0.780. The number of hydrogen-bond acceptors (Lipinski definition) is 3. The lowest BCUT2D eigenvalue weighted by Crippen LogP contribution is -1.95. The molecule has 70 valence electrons. The molecule has 0 bridgehead atoms. The van der Waals surface area contributed by atoms with Gasteiger partial charge in [-0.1, -0.05) is 6.07 Å². The summed E-state index contributed by atoms with van der Waals surface area (Å²) in [4.78, 5) is 15.4. The molecule has 0 unspecified atom stereocenters. The minimum atomic E-state index is 0.570. The van der Waals surface area contributed by atoms with Gasteiger partial charge in [0.05, 0.1) is 0 Å². The molecular weight excluding hydrogens is 196 g/mol. The molecule has 3 nitrogen and oxygen atoms in total. The van der Waals surface area contributed by atoms with Crippen LogP contribution in [-0.4, -0.2) is 11.4 Å². The van der Waals surface area contributed by atoms with Gasteiger partial charge in [0.25, 0.3) is 0 Å². The van der Waals surface area contributed by atoms with Crippen LogP contribution in [0.1, 0.15) is 0 Å². The van der Waals surface area contributed by atoms with Gasteiger partial charge in [-0.3, -0.25) is 4.79 Å². The fourth-order valence-electron chi connectivity index (χ4n) is 1.13. The summed E-state index contributed by atoms with van der Waals surface area (Å²) in [5, 5.41) is 4.51. The summed E-state index contributed by atoms with van der Waals surface area (Å²) in [7, 11) is 0. The minimum Gasteiger partial charge on any atom is -0.313 e. The monoisotopic (exact) mass is 204 g/mol. The van der Waals surface area contributed by atoms with Crippen molar-refractivity contribution in [2.75, 3.05) is 5.32 Å². The smallest absolute Gasteiger partial charge is 0.212 e. The number of rotatable bonds is 3. The number of anilines is 1. The Labute approximate surface area is 85.4 Å². The topological polar surface area (TPSA) is 42.0 Å². The van der Waals surface area contributed by atoms with Crippen LogP contribution in [0.2, 0.25) is 0 Å². The lowest BCUT2D eigenvalue weighted by molar-refractivity contribution is -0.105. The third-order valence-electron chi connectivity index (χ3n) is 1.78. The summed E-state index contributed by atoms with van der Waals surface area (Å²) >= 11 is 1.67. The molecule has 2 heterocycles. The van der Waals surface area contributed by atoms with Crippen LogP contribution in [0.25, 0.3) is 10.4 Å². The Balaban J connectivity index is 2.26. The minimum absolute atomic E-state index is 0.570. The molecule has 0 aliphatic carbocycles. The van der Waals surface area contributed by atoms with Crippen LogP contribution in [0, 0.1) is 0 Å². The van der Waals surface area contributed by atoms with E-state index in [1.165, 1.54) is 4.88 Å². The van der Waals surface area contributed by atoms with Crippen LogP contribution < -0.4 is 5.32 Å². The Morgan fingerprint density at radius 2 is 2.29 bits per heavy atom. The van der Waals surface area contributed by atoms with E-state index in [0.717, 1.165) is 5.56 Å². The van der Waals surface area contributed by atoms with E-state index in [4.69, 9.17) is 0 Å². The molecule has 0 aliphatic rings. The number of pyridine rings is 1. The third kappa shape index (κ3) is 1.80. The highest BCUT2D eigenvalue weighted by molar-refractivity contribution is 7.13. The lowest BCUT2D eigenvalue weighted by Gasteiger charge is -1.99.